The van der Waals surface area contributed by atoms with Gasteiger partial charge in [0.2, 0.25) is 0 Å². The molecule has 0 amide bonds. The van der Waals surface area contributed by atoms with Crippen LogP contribution in [0.3, 0.4) is 0 Å². The minimum Gasteiger partial charge on any atom is -0.403 e. The number of alkyl halides is 1. The molecule has 4 rings (SSSR count). The topological polar surface area (TPSA) is 38.8 Å². The summed E-state index contributed by atoms with van der Waals surface area (Å²) in [6.07, 6.45) is -0.350. The van der Waals surface area contributed by atoms with E-state index in [0.29, 0.717) is 18.7 Å². The number of halogens is 3. The second-order valence-corrected chi connectivity index (χ2v) is 15.8. The van der Waals surface area contributed by atoms with Crippen LogP contribution in [0.15, 0.2) is 66.7 Å². The van der Waals surface area contributed by atoms with Crippen LogP contribution < -0.4 is 15.3 Å². The highest BCUT2D eigenvalue weighted by Gasteiger charge is 2.50. The molecule has 0 unspecified atom stereocenters. The van der Waals surface area contributed by atoms with E-state index in [0.717, 1.165) is 10.4 Å². The zero-order chi connectivity index (χ0) is 28.4. The largest absolute Gasteiger partial charge is 0.403 e. The molecule has 0 aromatic heterocycles. The first-order valence-corrected chi connectivity index (χ1v) is 15.7. The van der Waals surface area contributed by atoms with Crippen molar-refractivity contribution in [1.29, 1.82) is 0 Å². The molecule has 0 N–H and O–H groups in total. The highest BCUT2D eigenvalue weighted by atomic mass is 35.5. The minimum atomic E-state index is -2.99. The van der Waals surface area contributed by atoms with Gasteiger partial charge in [0.1, 0.15) is 0 Å². The highest BCUT2D eigenvalue weighted by molar-refractivity contribution is 6.99. The van der Waals surface area contributed by atoms with Gasteiger partial charge in [-0.05, 0) is 35.3 Å². The Labute approximate surface area is 236 Å². The van der Waals surface area contributed by atoms with E-state index in [1.54, 1.807) is 4.90 Å². The van der Waals surface area contributed by atoms with Crippen LogP contribution in [0, 0.1) is 11.6 Å². The Morgan fingerprint density at radius 1 is 0.974 bits per heavy atom. The fourth-order valence-corrected chi connectivity index (χ4v) is 10.4. The summed E-state index contributed by atoms with van der Waals surface area (Å²) in [6, 6.07) is 21.6. The van der Waals surface area contributed by atoms with Crippen molar-refractivity contribution >= 4 is 41.8 Å². The number of hydrogen-bond donors (Lipinski definition) is 0. The van der Waals surface area contributed by atoms with Gasteiger partial charge in [-0.15, -0.1) is 11.6 Å². The summed E-state index contributed by atoms with van der Waals surface area (Å²) in [4.78, 5) is 14.3. The Kier molecular flexibility index (Phi) is 8.96. The maximum atomic E-state index is 15.9. The molecule has 3 aromatic rings. The van der Waals surface area contributed by atoms with Gasteiger partial charge in [0.05, 0.1) is 35.9 Å². The van der Waals surface area contributed by atoms with Gasteiger partial charge in [0.25, 0.3) is 8.32 Å². The van der Waals surface area contributed by atoms with Crippen molar-refractivity contribution in [3.8, 4) is 0 Å². The summed E-state index contributed by atoms with van der Waals surface area (Å²) in [6.45, 7) is 11.0. The number of carbonyl (C=O) groups excluding carboxylic acids is 1. The zero-order valence-corrected chi connectivity index (χ0v) is 24.9. The molecule has 3 aromatic carbocycles. The molecule has 39 heavy (non-hydrogen) atoms. The normalized spacial score (nSPS) is 18.3. The van der Waals surface area contributed by atoms with E-state index in [4.69, 9.17) is 20.8 Å². The van der Waals surface area contributed by atoms with Crippen molar-refractivity contribution in [2.24, 2.45) is 0 Å². The van der Waals surface area contributed by atoms with Crippen LogP contribution in [0.1, 0.15) is 50.5 Å². The lowest BCUT2D eigenvalue weighted by Crippen LogP contribution is -2.66. The molecule has 1 aliphatic heterocycles. The highest BCUT2D eigenvalue weighted by Crippen LogP contribution is 2.39. The average Bonchev–Trinajstić information content (AvgIpc) is 2.90. The van der Waals surface area contributed by atoms with Crippen molar-refractivity contribution in [3.63, 3.8) is 0 Å². The van der Waals surface area contributed by atoms with Gasteiger partial charge >= 0.3 is 0 Å². The van der Waals surface area contributed by atoms with Gasteiger partial charge in [-0.2, -0.15) is 0 Å². The first-order chi connectivity index (χ1) is 18.5. The average molecular weight is 572 g/mol. The smallest absolute Gasteiger partial charge is 0.261 e. The molecule has 0 saturated carbocycles. The molecule has 0 spiro atoms. The van der Waals surface area contributed by atoms with Crippen molar-refractivity contribution in [1.82, 2.24) is 0 Å². The molecule has 1 fully saturated rings. The molecule has 2 atom stereocenters. The van der Waals surface area contributed by atoms with Crippen LogP contribution in [0.4, 0.5) is 14.5 Å². The summed E-state index contributed by atoms with van der Waals surface area (Å²) in [5.41, 5.74) is 0.164. The minimum absolute atomic E-state index is 0.0114. The predicted octanol–water partition coefficient (Wildman–Crippen LogP) is 6.08. The van der Waals surface area contributed by atoms with Crippen LogP contribution in [-0.2, 0) is 15.8 Å². The molecule has 208 valence electrons. The van der Waals surface area contributed by atoms with Crippen LogP contribution in [0.25, 0.3) is 0 Å². The number of carbonyl (C=O) groups is 1. The Hall–Kier alpha value is -2.58. The van der Waals surface area contributed by atoms with Crippen LogP contribution >= 0.6 is 11.6 Å². The van der Waals surface area contributed by atoms with E-state index in [2.05, 4.69) is 45.0 Å². The summed E-state index contributed by atoms with van der Waals surface area (Å²) in [7, 11) is -2.99. The first kappa shape index (κ1) is 29.4. The maximum Gasteiger partial charge on any atom is 0.261 e. The lowest BCUT2D eigenvalue weighted by Gasteiger charge is -2.43. The number of Topliss-reactive ketones (excluding diaryl/α,β-unsaturated/α-hetero) is 1. The third kappa shape index (κ3) is 5.82. The Morgan fingerprint density at radius 2 is 1.49 bits per heavy atom. The molecule has 1 saturated heterocycles. The van der Waals surface area contributed by atoms with Crippen molar-refractivity contribution < 1.29 is 22.7 Å². The number of ketones is 1. The van der Waals surface area contributed by atoms with E-state index in [1.807, 2.05) is 50.2 Å². The molecular weight excluding hydrogens is 536 g/mol. The van der Waals surface area contributed by atoms with E-state index in [1.165, 1.54) is 6.07 Å². The monoisotopic (exact) mass is 571 g/mol. The molecule has 0 aliphatic carbocycles. The van der Waals surface area contributed by atoms with Crippen LogP contribution in [0.5, 0.6) is 0 Å². The van der Waals surface area contributed by atoms with Gasteiger partial charge in [-0.25, -0.2) is 8.78 Å². The quantitative estimate of drug-likeness (QED) is 0.187. The zero-order valence-electron chi connectivity index (χ0n) is 23.1. The first-order valence-electron chi connectivity index (χ1n) is 13.2. The SMILES string of the molecule is C[C@@H]1CN(c2c(CO[Si](c3ccccc3)(c3ccccc3)C(C)(C)C)cc(C(=O)CCl)c(F)c2F)C[C@H](C)O1. The second-order valence-electron chi connectivity index (χ2n) is 11.2. The third-order valence-electron chi connectivity index (χ3n) is 7.28. The van der Waals surface area contributed by atoms with Crippen LogP contribution in [-0.4, -0.2) is 45.3 Å². The molecule has 4 nitrogen and oxygen atoms in total. The van der Waals surface area contributed by atoms with Crippen molar-refractivity contribution in [2.75, 3.05) is 23.9 Å². The van der Waals surface area contributed by atoms with E-state index < -0.39 is 31.6 Å². The molecule has 8 heteroatoms. The predicted molar refractivity (Wildman–Crippen MR) is 156 cm³/mol. The number of benzene rings is 3. The Bertz CT molecular complexity index is 1250. The second kappa shape index (κ2) is 11.9. The number of ether oxygens (including phenoxy) is 1. The lowest BCUT2D eigenvalue weighted by atomic mass is 10.0. The summed E-state index contributed by atoms with van der Waals surface area (Å²) in [5.74, 6) is -3.36. The molecular formula is C31H36ClF2NO3Si. The van der Waals surface area contributed by atoms with E-state index >= 15 is 8.78 Å². The van der Waals surface area contributed by atoms with Gasteiger partial charge in [0, 0.05) is 18.7 Å². The van der Waals surface area contributed by atoms with Gasteiger partial charge in [-0.3, -0.25) is 4.79 Å². The number of rotatable bonds is 8. The van der Waals surface area contributed by atoms with Crippen LogP contribution in [0.2, 0.25) is 5.04 Å². The molecule has 1 heterocycles. The van der Waals surface area contributed by atoms with Crippen molar-refractivity contribution in [3.05, 3.63) is 89.5 Å². The summed E-state index contributed by atoms with van der Waals surface area (Å²) >= 11 is 5.77. The lowest BCUT2D eigenvalue weighted by molar-refractivity contribution is -0.00553. The third-order valence-corrected chi connectivity index (χ3v) is 12.5. The van der Waals surface area contributed by atoms with Gasteiger partial charge in [0.15, 0.2) is 17.4 Å². The molecule has 0 bridgehead atoms. The summed E-state index contributed by atoms with van der Waals surface area (Å²) < 4.78 is 44.0. The summed E-state index contributed by atoms with van der Waals surface area (Å²) in [5, 5.41) is 1.82. The number of morpholine rings is 1. The van der Waals surface area contributed by atoms with Gasteiger partial charge in [-0.1, -0.05) is 81.4 Å². The van der Waals surface area contributed by atoms with Gasteiger partial charge < -0.3 is 14.1 Å². The fourth-order valence-electron chi connectivity index (χ4n) is 5.70. The Balaban J connectivity index is 1.89. The molecule has 1 aliphatic rings. The maximum absolute atomic E-state index is 15.9. The number of anilines is 1. The standard InChI is InChI=1S/C31H36ClF2NO3Si/c1-21-18-35(19-22(2)38-21)30-23(16-26(27(36)17-32)28(33)29(30)34)20-37-39(31(3,4)5,24-12-8-6-9-13-24)25-14-10-7-11-15-25/h6-16,21-22H,17-20H2,1-5H3/t21-,22+. The van der Waals surface area contributed by atoms with E-state index in [9.17, 15) is 4.79 Å². The fraction of sp³-hybridized carbons (Fsp3) is 0.387. The van der Waals surface area contributed by atoms with E-state index in [-0.39, 0.29) is 35.1 Å². The molecule has 0 radical (unpaired) electrons. The Morgan fingerprint density at radius 3 is 1.95 bits per heavy atom. The van der Waals surface area contributed by atoms with Crippen molar-refractivity contribution in [2.45, 2.75) is 58.5 Å². The number of hydrogen-bond acceptors (Lipinski definition) is 4. The number of nitrogens with zero attached hydrogens (tertiary/aromatic N) is 1.